The largest absolute Gasteiger partial charge is 0.380 e. The second-order valence-electron chi connectivity index (χ2n) is 4.72. The molecule has 1 aromatic rings. The molecule has 0 spiro atoms. The van der Waals surface area contributed by atoms with Gasteiger partial charge in [-0.2, -0.15) is 0 Å². The average molecular weight is 250 g/mol. The molecule has 0 bridgehead atoms. The molecule has 0 radical (unpaired) electrons. The Labute approximate surface area is 109 Å². The Morgan fingerprint density at radius 3 is 3.06 bits per heavy atom. The Hall–Kier alpha value is -0.940. The van der Waals surface area contributed by atoms with Crippen LogP contribution in [0.3, 0.4) is 0 Å². The lowest BCUT2D eigenvalue weighted by atomic mass is 10.1. The van der Waals surface area contributed by atoms with E-state index in [1.165, 1.54) is 11.1 Å². The highest BCUT2D eigenvalue weighted by Gasteiger charge is 2.18. The molecule has 1 saturated heterocycles. The summed E-state index contributed by atoms with van der Waals surface area (Å²) in [6.07, 6.45) is 0.181. The number of rotatable bonds is 5. The Morgan fingerprint density at radius 2 is 2.28 bits per heavy atom. The molecule has 0 aliphatic carbocycles. The van der Waals surface area contributed by atoms with E-state index in [2.05, 4.69) is 29.2 Å². The first-order chi connectivity index (χ1) is 8.81. The van der Waals surface area contributed by atoms with Crippen molar-refractivity contribution in [1.82, 2.24) is 4.90 Å². The van der Waals surface area contributed by atoms with E-state index in [-0.39, 0.29) is 6.10 Å². The van der Waals surface area contributed by atoms with Crippen LogP contribution in [0.4, 0.5) is 0 Å². The predicted octanol–water partition coefficient (Wildman–Crippen LogP) is 0.993. The SMILES string of the molecule is COCc1cccc(CN2CCOC(CN)C2)c1. The molecular weight excluding hydrogens is 228 g/mol. The van der Waals surface area contributed by atoms with Crippen LogP contribution in [0.15, 0.2) is 24.3 Å². The van der Waals surface area contributed by atoms with Crippen molar-refractivity contribution in [3.8, 4) is 0 Å². The molecule has 2 rings (SSSR count). The third-order valence-corrected chi connectivity index (χ3v) is 3.19. The van der Waals surface area contributed by atoms with Gasteiger partial charge in [0.15, 0.2) is 0 Å². The van der Waals surface area contributed by atoms with Crippen molar-refractivity contribution in [3.63, 3.8) is 0 Å². The summed E-state index contributed by atoms with van der Waals surface area (Å²) in [5.41, 5.74) is 8.20. The Morgan fingerprint density at radius 1 is 1.44 bits per heavy atom. The van der Waals surface area contributed by atoms with Crippen LogP contribution in [0.2, 0.25) is 0 Å². The minimum absolute atomic E-state index is 0.181. The van der Waals surface area contributed by atoms with Gasteiger partial charge in [-0.05, 0) is 11.1 Å². The summed E-state index contributed by atoms with van der Waals surface area (Å²) >= 11 is 0. The number of methoxy groups -OCH3 is 1. The topological polar surface area (TPSA) is 47.7 Å². The van der Waals surface area contributed by atoms with Crippen LogP contribution in [0.25, 0.3) is 0 Å². The fourth-order valence-electron chi connectivity index (χ4n) is 2.31. The molecular formula is C14H22N2O2. The highest BCUT2D eigenvalue weighted by Crippen LogP contribution is 2.12. The van der Waals surface area contributed by atoms with Gasteiger partial charge in [0.1, 0.15) is 0 Å². The molecule has 1 unspecified atom stereocenters. The van der Waals surface area contributed by atoms with Crippen molar-refractivity contribution in [2.45, 2.75) is 19.3 Å². The maximum absolute atomic E-state index is 5.65. The van der Waals surface area contributed by atoms with Crippen LogP contribution in [0.5, 0.6) is 0 Å². The molecule has 1 aromatic carbocycles. The minimum atomic E-state index is 0.181. The zero-order valence-electron chi connectivity index (χ0n) is 11.0. The fourth-order valence-corrected chi connectivity index (χ4v) is 2.31. The van der Waals surface area contributed by atoms with E-state index in [9.17, 15) is 0 Å². The lowest BCUT2D eigenvalue weighted by molar-refractivity contribution is -0.0260. The second kappa shape index (κ2) is 6.85. The molecule has 0 saturated carbocycles. The number of hydrogen-bond acceptors (Lipinski definition) is 4. The highest BCUT2D eigenvalue weighted by atomic mass is 16.5. The Kier molecular flexibility index (Phi) is 5.13. The summed E-state index contributed by atoms with van der Waals surface area (Å²) in [5.74, 6) is 0. The fraction of sp³-hybridized carbons (Fsp3) is 0.571. The van der Waals surface area contributed by atoms with Crippen molar-refractivity contribution < 1.29 is 9.47 Å². The van der Waals surface area contributed by atoms with E-state index in [1.54, 1.807) is 7.11 Å². The summed E-state index contributed by atoms with van der Waals surface area (Å²) in [6, 6.07) is 8.54. The number of ether oxygens (including phenoxy) is 2. The maximum Gasteiger partial charge on any atom is 0.0824 e. The number of benzene rings is 1. The van der Waals surface area contributed by atoms with Crippen molar-refractivity contribution in [2.24, 2.45) is 5.73 Å². The van der Waals surface area contributed by atoms with Crippen LogP contribution in [-0.2, 0) is 22.6 Å². The standard InChI is InChI=1S/C14H22N2O2/c1-17-11-13-4-2-3-12(7-13)9-16-5-6-18-14(8-15)10-16/h2-4,7,14H,5-6,8-11,15H2,1H3. The highest BCUT2D eigenvalue weighted by molar-refractivity contribution is 5.23. The molecule has 18 heavy (non-hydrogen) atoms. The minimum Gasteiger partial charge on any atom is -0.380 e. The first-order valence-electron chi connectivity index (χ1n) is 6.42. The molecule has 1 aliphatic rings. The van der Waals surface area contributed by atoms with Crippen LogP contribution < -0.4 is 5.73 Å². The first-order valence-corrected chi connectivity index (χ1v) is 6.42. The van der Waals surface area contributed by atoms with Gasteiger partial charge in [-0.1, -0.05) is 24.3 Å². The molecule has 4 heteroatoms. The Balaban J connectivity index is 1.93. The summed E-state index contributed by atoms with van der Waals surface area (Å²) < 4.78 is 10.7. The van der Waals surface area contributed by atoms with Crippen LogP contribution >= 0.6 is 0 Å². The maximum atomic E-state index is 5.65. The van der Waals surface area contributed by atoms with Gasteiger partial charge in [-0.3, -0.25) is 4.90 Å². The second-order valence-corrected chi connectivity index (χ2v) is 4.72. The van der Waals surface area contributed by atoms with Gasteiger partial charge in [-0.25, -0.2) is 0 Å². The molecule has 1 fully saturated rings. The number of hydrogen-bond donors (Lipinski definition) is 1. The van der Waals surface area contributed by atoms with Crippen LogP contribution in [0.1, 0.15) is 11.1 Å². The summed E-state index contributed by atoms with van der Waals surface area (Å²) in [4.78, 5) is 2.40. The normalized spacial score (nSPS) is 21.1. The van der Waals surface area contributed by atoms with E-state index in [0.29, 0.717) is 13.2 Å². The van der Waals surface area contributed by atoms with Gasteiger partial charge in [-0.15, -0.1) is 0 Å². The lowest BCUT2D eigenvalue weighted by Gasteiger charge is -2.32. The summed E-state index contributed by atoms with van der Waals surface area (Å²) in [6.45, 7) is 4.90. The van der Waals surface area contributed by atoms with Crippen molar-refractivity contribution in [1.29, 1.82) is 0 Å². The van der Waals surface area contributed by atoms with E-state index < -0.39 is 0 Å². The molecule has 4 nitrogen and oxygen atoms in total. The van der Waals surface area contributed by atoms with Gasteiger partial charge < -0.3 is 15.2 Å². The molecule has 0 amide bonds. The number of nitrogens with zero attached hydrogens (tertiary/aromatic N) is 1. The van der Waals surface area contributed by atoms with Gasteiger partial charge in [0.25, 0.3) is 0 Å². The van der Waals surface area contributed by atoms with Crippen molar-refractivity contribution >= 4 is 0 Å². The third-order valence-electron chi connectivity index (χ3n) is 3.19. The molecule has 1 atom stereocenters. The van der Waals surface area contributed by atoms with E-state index in [4.69, 9.17) is 15.2 Å². The van der Waals surface area contributed by atoms with E-state index in [1.807, 2.05) is 0 Å². The Bertz CT molecular complexity index is 371. The summed E-state index contributed by atoms with van der Waals surface area (Å²) in [7, 11) is 1.72. The molecule has 100 valence electrons. The van der Waals surface area contributed by atoms with Gasteiger partial charge in [0, 0.05) is 33.3 Å². The summed E-state index contributed by atoms with van der Waals surface area (Å²) in [5, 5.41) is 0. The molecule has 2 N–H and O–H groups in total. The van der Waals surface area contributed by atoms with Crippen molar-refractivity contribution in [2.75, 3.05) is 33.4 Å². The van der Waals surface area contributed by atoms with Crippen LogP contribution in [0, 0.1) is 0 Å². The van der Waals surface area contributed by atoms with Crippen LogP contribution in [-0.4, -0.2) is 44.4 Å². The van der Waals surface area contributed by atoms with Crippen molar-refractivity contribution in [3.05, 3.63) is 35.4 Å². The third kappa shape index (κ3) is 3.78. The first kappa shape index (κ1) is 13.5. The molecule has 1 aliphatic heterocycles. The number of nitrogens with two attached hydrogens (primary N) is 1. The van der Waals surface area contributed by atoms with Gasteiger partial charge >= 0.3 is 0 Å². The zero-order valence-corrected chi connectivity index (χ0v) is 11.0. The number of morpholine rings is 1. The van der Waals surface area contributed by atoms with E-state index in [0.717, 1.165) is 26.2 Å². The smallest absolute Gasteiger partial charge is 0.0824 e. The van der Waals surface area contributed by atoms with Gasteiger partial charge in [0.2, 0.25) is 0 Å². The van der Waals surface area contributed by atoms with E-state index >= 15 is 0 Å². The molecule has 1 heterocycles. The molecule has 0 aromatic heterocycles. The quantitative estimate of drug-likeness (QED) is 0.846. The average Bonchev–Trinajstić information content (AvgIpc) is 2.40. The lowest BCUT2D eigenvalue weighted by Crippen LogP contribution is -2.45. The zero-order chi connectivity index (χ0) is 12.8. The van der Waals surface area contributed by atoms with Gasteiger partial charge in [0.05, 0.1) is 19.3 Å². The predicted molar refractivity (Wildman–Crippen MR) is 71.2 cm³/mol. The monoisotopic (exact) mass is 250 g/mol.